The number of hydrogen-bond acceptors (Lipinski definition) is 6. The van der Waals surface area contributed by atoms with Gasteiger partial charge in [-0.1, -0.05) is 0 Å². The largest absolute Gasteiger partial charge is 0.491 e. The lowest BCUT2D eigenvalue weighted by Crippen LogP contribution is -2.06. The molecule has 6 nitrogen and oxygen atoms in total. The second-order valence-electron chi connectivity index (χ2n) is 4.85. The number of carboxylic acid groups (broad SMARTS) is 1. The molecule has 7 heteroatoms. The van der Waals surface area contributed by atoms with E-state index in [1.54, 1.807) is 12.1 Å². The highest BCUT2D eigenvalue weighted by Crippen LogP contribution is 2.43. The average Bonchev–Trinajstić information content (AvgIpc) is 3.18. The van der Waals surface area contributed by atoms with E-state index in [4.69, 9.17) is 14.6 Å². The maximum Gasteiger partial charge on any atom is 0.307 e. The number of fused-ring (bicyclic) bond motifs is 1. The number of Topliss-reactive ketones (excluding diaryl/α,β-unsaturated/α-hetero) is 1. The van der Waals surface area contributed by atoms with Crippen molar-refractivity contribution in [3.05, 3.63) is 17.0 Å². The van der Waals surface area contributed by atoms with Crippen molar-refractivity contribution in [2.75, 3.05) is 14.2 Å². The van der Waals surface area contributed by atoms with Crippen molar-refractivity contribution in [3.8, 4) is 11.6 Å². The summed E-state index contributed by atoms with van der Waals surface area (Å²) in [5.74, 6) is -1.12. The van der Waals surface area contributed by atoms with Crippen molar-refractivity contribution in [2.24, 2.45) is 11.8 Å². The second-order valence-corrected chi connectivity index (χ2v) is 5.93. The predicted molar refractivity (Wildman–Crippen MR) is 76.3 cm³/mol. The van der Waals surface area contributed by atoms with Gasteiger partial charge in [-0.15, -0.1) is 11.3 Å². The van der Waals surface area contributed by atoms with E-state index in [-0.39, 0.29) is 5.78 Å². The number of thiophene rings is 1. The van der Waals surface area contributed by atoms with Crippen molar-refractivity contribution < 1.29 is 24.2 Å². The molecule has 0 amide bonds. The standard InChI is InChI=1S/C14H13NO5S/c1-19-9-5-10-8(15-13(9)20-2)4-11(21-10)12(16)6-3-7(6)14(17)18/h4-7H,3H2,1-2H3,(H,17,18). The van der Waals surface area contributed by atoms with Crippen molar-refractivity contribution >= 4 is 33.3 Å². The number of aromatic nitrogens is 1. The molecule has 1 saturated carbocycles. The van der Waals surface area contributed by atoms with E-state index in [1.165, 1.54) is 25.6 Å². The van der Waals surface area contributed by atoms with Gasteiger partial charge in [-0.3, -0.25) is 9.59 Å². The van der Waals surface area contributed by atoms with Crippen LogP contribution in [0.3, 0.4) is 0 Å². The number of ether oxygens (including phenoxy) is 2. The van der Waals surface area contributed by atoms with E-state index >= 15 is 0 Å². The summed E-state index contributed by atoms with van der Waals surface area (Å²) in [7, 11) is 3.02. The van der Waals surface area contributed by atoms with Gasteiger partial charge in [-0.25, -0.2) is 4.98 Å². The van der Waals surface area contributed by atoms with Crippen LogP contribution < -0.4 is 9.47 Å². The van der Waals surface area contributed by atoms with Crippen LogP contribution in [0.5, 0.6) is 11.6 Å². The summed E-state index contributed by atoms with van der Waals surface area (Å²) in [5, 5.41) is 8.90. The first-order valence-electron chi connectivity index (χ1n) is 6.34. The Morgan fingerprint density at radius 3 is 2.62 bits per heavy atom. The van der Waals surface area contributed by atoms with Gasteiger partial charge < -0.3 is 14.6 Å². The lowest BCUT2D eigenvalue weighted by Gasteiger charge is -2.05. The summed E-state index contributed by atoms with van der Waals surface area (Å²) < 4.78 is 11.1. The highest BCUT2D eigenvalue weighted by Gasteiger charge is 2.48. The summed E-state index contributed by atoms with van der Waals surface area (Å²) in [6.45, 7) is 0. The van der Waals surface area contributed by atoms with Crippen LogP contribution in [0.4, 0.5) is 0 Å². The van der Waals surface area contributed by atoms with Crippen LogP contribution in [-0.4, -0.2) is 36.1 Å². The van der Waals surface area contributed by atoms with Crippen LogP contribution in [0.15, 0.2) is 12.1 Å². The zero-order valence-corrected chi connectivity index (χ0v) is 12.3. The molecule has 1 N–H and O–H groups in total. The minimum Gasteiger partial charge on any atom is -0.491 e. The highest BCUT2D eigenvalue weighted by atomic mass is 32.1. The Balaban J connectivity index is 1.94. The molecule has 0 aromatic carbocycles. The summed E-state index contributed by atoms with van der Waals surface area (Å²) in [6.07, 6.45) is 0.419. The summed E-state index contributed by atoms with van der Waals surface area (Å²) in [6, 6.07) is 3.45. The van der Waals surface area contributed by atoms with Gasteiger partial charge in [0.15, 0.2) is 11.5 Å². The molecule has 1 aliphatic rings. The fourth-order valence-electron chi connectivity index (χ4n) is 2.29. The molecule has 21 heavy (non-hydrogen) atoms. The molecule has 2 heterocycles. The van der Waals surface area contributed by atoms with Gasteiger partial charge in [0, 0.05) is 12.0 Å². The van der Waals surface area contributed by atoms with Gasteiger partial charge in [0.1, 0.15) is 0 Å². The van der Waals surface area contributed by atoms with E-state index in [2.05, 4.69) is 4.98 Å². The molecular weight excluding hydrogens is 294 g/mol. The van der Waals surface area contributed by atoms with E-state index in [0.717, 1.165) is 4.70 Å². The SMILES string of the molecule is COc1cc2sc(C(=O)C3CC3C(=O)O)cc2nc1OC. The van der Waals surface area contributed by atoms with Crippen LogP contribution in [-0.2, 0) is 4.79 Å². The van der Waals surface area contributed by atoms with Crippen molar-refractivity contribution in [2.45, 2.75) is 6.42 Å². The van der Waals surface area contributed by atoms with Crippen molar-refractivity contribution in [1.29, 1.82) is 0 Å². The average molecular weight is 307 g/mol. The lowest BCUT2D eigenvalue weighted by atomic mass is 10.2. The number of carboxylic acids is 1. The molecule has 0 spiro atoms. The Morgan fingerprint density at radius 1 is 1.29 bits per heavy atom. The van der Waals surface area contributed by atoms with Crippen LogP contribution in [0.2, 0.25) is 0 Å². The molecular formula is C14H13NO5S. The van der Waals surface area contributed by atoms with Gasteiger partial charge in [-0.2, -0.15) is 0 Å². The second kappa shape index (κ2) is 5.00. The minimum absolute atomic E-state index is 0.122. The number of rotatable bonds is 5. The number of aliphatic carboxylic acids is 1. The van der Waals surface area contributed by atoms with E-state index < -0.39 is 17.8 Å². The third kappa shape index (κ3) is 2.33. The quantitative estimate of drug-likeness (QED) is 0.852. The first-order valence-corrected chi connectivity index (χ1v) is 7.16. The molecule has 2 atom stereocenters. The topological polar surface area (TPSA) is 85.7 Å². The van der Waals surface area contributed by atoms with E-state index in [9.17, 15) is 9.59 Å². The molecule has 3 rings (SSSR count). The Kier molecular flexibility index (Phi) is 3.29. The first-order chi connectivity index (χ1) is 10.0. The zero-order chi connectivity index (χ0) is 15.1. The molecule has 0 saturated heterocycles. The Labute approximate surface area is 124 Å². The maximum atomic E-state index is 12.3. The monoisotopic (exact) mass is 307 g/mol. The van der Waals surface area contributed by atoms with Crippen LogP contribution in [0, 0.1) is 11.8 Å². The molecule has 1 fully saturated rings. The first kappa shape index (κ1) is 13.8. The number of nitrogens with zero attached hydrogens (tertiary/aromatic N) is 1. The normalized spacial score (nSPS) is 20.3. The number of methoxy groups -OCH3 is 2. The number of ketones is 1. The van der Waals surface area contributed by atoms with Crippen LogP contribution in [0.25, 0.3) is 10.2 Å². The van der Waals surface area contributed by atoms with Crippen LogP contribution in [0.1, 0.15) is 16.1 Å². The fourth-order valence-corrected chi connectivity index (χ4v) is 3.32. The van der Waals surface area contributed by atoms with Gasteiger partial charge in [0.05, 0.1) is 35.2 Å². The number of carbonyl (C=O) groups excluding carboxylic acids is 1. The highest BCUT2D eigenvalue weighted by molar-refractivity contribution is 7.20. The Morgan fingerprint density at radius 2 is 2.05 bits per heavy atom. The lowest BCUT2D eigenvalue weighted by molar-refractivity contribution is -0.138. The summed E-state index contributed by atoms with van der Waals surface area (Å²) >= 11 is 1.30. The molecule has 2 unspecified atom stereocenters. The Hall–Kier alpha value is -2.15. The fraction of sp³-hybridized carbons (Fsp3) is 0.357. The minimum atomic E-state index is -0.907. The molecule has 0 aliphatic heterocycles. The summed E-state index contributed by atoms with van der Waals surface area (Å²) in [5.41, 5.74) is 0.647. The van der Waals surface area contributed by atoms with Gasteiger partial charge in [0.2, 0.25) is 0 Å². The third-order valence-electron chi connectivity index (χ3n) is 3.54. The number of pyridine rings is 1. The van der Waals surface area contributed by atoms with Crippen molar-refractivity contribution in [3.63, 3.8) is 0 Å². The molecule has 0 bridgehead atoms. The van der Waals surface area contributed by atoms with Crippen molar-refractivity contribution in [1.82, 2.24) is 4.98 Å². The third-order valence-corrected chi connectivity index (χ3v) is 4.62. The van der Waals surface area contributed by atoms with Crippen LogP contribution >= 0.6 is 11.3 Å². The molecule has 1 aliphatic carbocycles. The van der Waals surface area contributed by atoms with E-state index in [1.807, 2.05) is 0 Å². The molecule has 110 valence electrons. The molecule has 2 aromatic heterocycles. The van der Waals surface area contributed by atoms with Gasteiger partial charge >= 0.3 is 5.97 Å². The smallest absolute Gasteiger partial charge is 0.307 e. The molecule has 0 radical (unpaired) electrons. The molecule has 2 aromatic rings. The zero-order valence-electron chi connectivity index (χ0n) is 11.5. The number of hydrogen-bond donors (Lipinski definition) is 1. The Bertz CT molecular complexity index is 697. The summed E-state index contributed by atoms with van der Waals surface area (Å²) in [4.78, 5) is 27.9. The van der Waals surface area contributed by atoms with Gasteiger partial charge in [0.25, 0.3) is 5.88 Å². The van der Waals surface area contributed by atoms with E-state index in [0.29, 0.717) is 28.4 Å². The maximum absolute atomic E-state index is 12.3. The van der Waals surface area contributed by atoms with Gasteiger partial charge in [-0.05, 0) is 12.5 Å². The predicted octanol–water partition coefficient (Wildman–Crippen LogP) is 2.22. The number of carbonyl (C=O) groups is 2.